The van der Waals surface area contributed by atoms with E-state index < -0.39 is 0 Å². The van der Waals surface area contributed by atoms with E-state index in [2.05, 4.69) is 56.8 Å². The van der Waals surface area contributed by atoms with Gasteiger partial charge in [-0.05, 0) is 6.92 Å². The summed E-state index contributed by atoms with van der Waals surface area (Å²) in [6, 6.07) is 6.25. The van der Waals surface area contributed by atoms with Gasteiger partial charge in [0.15, 0.2) is 0 Å². The van der Waals surface area contributed by atoms with Crippen molar-refractivity contribution in [3.8, 4) is 17.2 Å². The Balaban J connectivity index is 1.37. The van der Waals surface area contributed by atoms with E-state index in [1.807, 2.05) is 43.7 Å². The molecule has 0 spiro atoms. The Morgan fingerprint density at radius 2 is 2.11 bits per heavy atom. The van der Waals surface area contributed by atoms with Gasteiger partial charge in [-0.25, -0.2) is 4.98 Å². The summed E-state index contributed by atoms with van der Waals surface area (Å²) < 4.78 is 6.36. The number of allylic oxidation sites excluding steroid dienone is 3. The SMILES string of the molecule is Cc1cn(-c2cncc3[nH]c(-c4n[nH]c5ccc(C6=C[I-]C=CC(NC(=O)CC(C)C)=C6)cc45)nc23)cn1. The first kappa shape index (κ1) is 24.3. The maximum atomic E-state index is 12.4. The van der Waals surface area contributed by atoms with Gasteiger partial charge in [0.05, 0.1) is 5.69 Å². The van der Waals surface area contributed by atoms with E-state index in [1.54, 1.807) is 18.7 Å². The number of nitrogens with one attached hydrogen (secondary N) is 3. The van der Waals surface area contributed by atoms with Crippen LogP contribution in [0.1, 0.15) is 31.5 Å². The number of H-pyrrole nitrogens is 2. The number of pyridine rings is 1. The van der Waals surface area contributed by atoms with Gasteiger partial charge in [-0.15, -0.1) is 0 Å². The fourth-order valence-corrected chi connectivity index (χ4v) is 6.14. The van der Waals surface area contributed by atoms with Crippen LogP contribution in [-0.4, -0.2) is 40.6 Å². The molecule has 192 valence electrons. The molecular formula is C28H26IN8O-. The van der Waals surface area contributed by atoms with Crippen LogP contribution in [-0.2, 0) is 4.79 Å². The van der Waals surface area contributed by atoms with Crippen LogP contribution in [0.5, 0.6) is 0 Å². The van der Waals surface area contributed by atoms with E-state index >= 15 is 0 Å². The third-order valence-electron chi connectivity index (χ3n) is 6.17. The second-order valence-electron chi connectivity index (χ2n) is 9.62. The number of carbonyl (C=O) groups excluding carboxylic acids is 1. The number of fused-ring (bicyclic) bond motifs is 2. The molecule has 6 rings (SSSR count). The first-order chi connectivity index (χ1) is 18.4. The monoisotopic (exact) mass is 617 g/mol. The second-order valence-corrected chi connectivity index (χ2v) is 11.7. The minimum Gasteiger partial charge on any atom is -0.242 e. The number of carbonyl (C=O) groups is 1. The zero-order valence-electron chi connectivity index (χ0n) is 21.2. The fraction of sp³-hybridized carbons (Fsp3) is 0.179. The van der Waals surface area contributed by atoms with Crippen LogP contribution in [0.3, 0.4) is 0 Å². The number of hydrogen-bond donors (Lipinski definition) is 3. The predicted octanol–water partition coefficient (Wildman–Crippen LogP) is 2.00. The van der Waals surface area contributed by atoms with Crippen LogP contribution < -0.4 is 26.5 Å². The van der Waals surface area contributed by atoms with Crippen molar-refractivity contribution in [2.24, 2.45) is 5.92 Å². The Kier molecular flexibility index (Phi) is 6.40. The number of nitrogens with zero attached hydrogens (tertiary/aromatic N) is 5. The molecule has 3 N–H and O–H groups in total. The molecule has 10 heteroatoms. The molecular weight excluding hydrogens is 591 g/mol. The summed E-state index contributed by atoms with van der Waals surface area (Å²) in [7, 11) is 0. The van der Waals surface area contributed by atoms with Gasteiger partial charge in [-0.3, -0.25) is 0 Å². The van der Waals surface area contributed by atoms with Gasteiger partial charge in [0.2, 0.25) is 0 Å². The van der Waals surface area contributed by atoms with Crippen molar-refractivity contribution < 1.29 is 26.0 Å². The fourth-order valence-electron chi connectivity index (χ4n) is 4.41. The third-order valence-corrected chi connectivity index (χ3v) is 7.97. The number of benzene rings is 1. The Labute approximate surface area is 229 Å². The van der Waals surface area contributed by atoms with Crippen molar-refractivity contribution in [3.63, 3.8) is 0 Å². The number of amides is 1. The van der Waals surface area contributed by atoms with E-state index in [9.17, 15) is 4.79 Å². The van der Waals surface area contributed by atoms with Crippen LogP contribution in [0.2, 0.25) is 0 Å². The molecule has 0 bridgehead atoms. The number of rotatable bonds is 6. The van der Waals surface area contributed by atoms with Crippen molar-refractivity contribution in [1.29, 1.82) is 0 Å². The summed E-state index contributed by atoms with van der Waals surface area (Å²) in [4.78, 5) is 29.4. The van der Waals surface area contributed by atoms with E-state index in [0.29, 0.717) is 18.2 Å². The van der Waals surface area contributed by atoms with Gasteiger partial charge >= 0.3 is 213 Å². The quantitative estimate of drug-likeness (QED) is 0.252. The van der Waals surface area contributed by atoms with Gasteiger partial charge in [-0.2, -0.15) is 0 Å². The molecule has 0 unspecified atom stereocenters. The molecule has 5 heterocycles. The normalized spacial score (nSPS) is 13.9. The third kappa shape index (κ3) is 4.78. The molecule has 0 radical (unpaired) electrons. The standard InChI is InChI=1S/C28H26IN8O/c1-16(2)8-25(38)32-20-6-7-29-11-19(9-20)18-4-5-22-21(10-18)26(36-35-22)28-33-23-12-30-13-24(27(23)34-28)37-14-17(3)31-15-37/h4-7,9-16H,8H2,1-3H3,(H,32,38)(H,33,34)(H,35,36)/q-1. The van der Waals surface area contributed by atoms with Gasteiger partial charge in [0.1, 0.15) is 0 Å². The molecule has 0 fully saturated rings. The molecule has 0 saturated heterocycles. The van der Waals surface area contributed by atoms with Crippen molar-refractivity contribution in [3.05, 3.63) is 80.4 Å². The average molecular weight is 617 g/mol. The van der Waals surface area contributed by atoms with Crippen molar-refractivity contribution >= 4 is 33.4 Å². The number of imidazole rings is 2. The summed E-state index contributed by atoms with van der Waals surface area (Å²) in [5.41, 5.74) is 8.02. The second kappa shape index (κ2) is 10.0. The van der Waals surface area contributed by atoms with Crippen LogP contribution in [0.4, 0.5) is 0 Å². The molecule has 0 aliphatic carbocycles. The zero-order chi connectivity index (χ0) is 26.2. The van der Waals surface area contributed by atoms with Crippen LogP contribution in [0, 0.1) is 12.8 Å². The Bertz CT molecular complexity index is 1770. The topological polar surface area (TPSA) is 117 Å². The molecule has 4 aromatic heterocycles. The zero-order valence-corrected chi connectivity index (χ0v) is 23.3. The number of aromatic nitrogens is 7. The van der Waals surface area contributed by atoms with Crippen molar-refractivity contribution in [1.82, 2.24) is 40.0 Å². The minimum atomic E-state index is -0.275. The van der Waals surface area contributed by atoms with E-state index in [1.165, 1.54) is 0 Å². The number of hydrogen-bond acceptors (Lipinski definition) is 5. The minimum absolute atomic E-state index is 0.0347. The van der Waals surface area contributed by atoms with E-state index in [4.69, 9.17) is 4.98 Å². The Hall–Kier alpha value is -4.06. The predicted molar refractivity (Wildman–Crippen MR) is 144 cm³/mol. The summed E-state index contributed by atoms with van der Waals surface area (Å²) in [5.74, 6) is 1.01. The van der Waals surface area contributed by atoms with Crippen LogP contribution >= 0.6 is 0 Å². The van der Waals surface area contributed by atoms with Crippen LogP contribution in [0.15, 0.2) is 69.1 Å². The van der Waals surface area contributed by atoms with E-state index in [-0.39, 0.29) is 27.1 Å². The molecule has 0 atom stereocenters. The summed E-state index contributed by atoms with van der Waals surface area (Å²) >= 11 is -0.275. The molecule has 1 aromatic carbocycles. The number of halogens is 1. The maximum absolute atomic E-state index is 12.4. The Morgan fingerprint density at radius 1 is 1.21 bits per heavy atom. The first-order valence-electron chi connectivity index (χ1n) is 12.3. The molecule has 1 aliphatic rings. The molecule has 9 nitrogen and oxygen atoms in total. The van der Waals surface area contributed by atoms with Gasteiger partial charge < -0.3 is 0 Å². The van der Waals surface area contributed by atoms with Gasteiger partial charge in [0.25, 0.3) is 0 Å². The number of aryl methyl sites for hydroxylation is 1. The smallest absolute Gasteiger partial charge is 0.242 e. The number of aromatic amines is 2. The molecule has 1 aliphatic heterocycles. The van der Waals surface area contributed by atoms with Crippen molar-refractivity contribution in [2.75, 3.05) is 0 Å². The molecule has 5 aromatic rings. The Morgan fingerprint density at radius 3 is 2.92 bits per heavy atom. The van der Waals surface area contributed by atoms with Crippen LogP contribution in [0.25, 0.3) is 44.7 Å². The summed E-state index contributed by atoms with van der Waals surface area (Å²) in [5, 5.41) is 11.8. The van der Waals surface area contributed by atoms with Crippen molar-refractivity contribution in [2.45, 2.75) is 27.2 Å². The van der Waals surface area contributed by atoms with Gasteiger partial charge in [0, 0.05) is 0 Å². The summed E-state index contributed by atoms with van der Waals surface area (Å²) in [6.45, 7) is 6.04. The van der Waals surface area contributed by atoms with Gasteiger partial charge in [-0.1, -0.05) is 0 Å². The summed E-state index contributed by atoms with van der Waals surface area (Å²) in [6.07, 6.45) is 11.8. The molecule has 38 heavy (non-hydrogen) atoms. The molecule has 1 amide bonds. The average Bonchev–Trinajstić information content (AvgIpc) is 3.58. The molecule has 0 saturated carbocycles. The first-order valence-corrected chi connectivity index (χ1v) is 14.8. The van der Waals surface area contributed by atoms with E-state index in [0.717, 1.165) is 55.8 Å².